The first-order valence-electron chi connectivity index (χ1n) is 3.00. The summed E-state index contributed by atoms with van der Waals surface area (Å²) in [5.74, 6) is 2.06. The van der Waals surface area contributed by atoms with Crippen molar-refractivity contribution in [1.29, 1.82) is 0 Å². The number of hydrogen-bond acceptors (Lipinski definition) is 0. The molecule has 0 aromatic heterocycles. The van der Waals surface area contributed by atoms with Crippen LogP contribution in [0.5, 0.6) is 0 Å². The Balaban J connectivity index is 2.90. The Labute approximate surface area is 65.7 Å². The van der Waals surface area contributed by atoms with Gasteiger partial charge in [-0.1, -0.05) is 0 Å². The molecular formula is C6H11Cl2P. The molecule has 1 heterocycles. The van der Waals surface area contributed by atoms with Crippen LogP contribution in [0, 0.1) is 0 Å². The van der Waals surface area contributed by atoms with E-state index in [1.165, 1.54) is 5.57 Å². The van der Waals surface area contributed by atoms with E-state index >= 15 is 0 Å². The van der Waals surface area contributed by atoms with E-state index in [1.54, 1.807) is 0 Å². The van der Waals surface area contributed by atoms with Crippen LogP contribution in [-0.4, -0.2) is 12.8 Å². The molecule has 1 aliphatic heterocycles. The summed E-state index contributed by atoms with van der Waals surface area (Å²) in [6, 6.07) is 0. The fraction of sp³-hybridized carbons (Fsp3) is 0.667. The van der Waals surface area contributed by atoms with Gasteiger partial charge in [0.2, 0.25) is 0 Å². The molecule has 3 heteroatoms. The van der Waals surface area contributed by atoms with Crippen LogP contribution < -0.4 is 0 Å². The van der Waals surface area contributed by atoms with Gasteiger partial charge in [0.15, 0.2) is 0 Å². The number of halogens is 2. The molecule has 0 nitrogen and oxygen atoms in total. The van der Waals surface area contributed by atoms with Crippen molar-refractivity contribution in [2.45, 2.75) is 13.3 Å². The van der Waals surface area contributed by atoms with Crippen molar-refractivity contribution in [3.8, 4) is 0 Å². The number of allylic oxidation sites excluding steroid dienone is 1. The Morgan fingerprint density at radius 2 is 2.11 bits per heavy atom. The van der Waals surface area contributed by atoms with Crippen LogP contribution in [0.4, 0.5) is 0 Å². The molecule has 0 saturated carbocycles. The molecule has 0 bridgehead atoms. The molecule has 0 atom stereocenters. The third-order valence-corrected chi connectivity index (χ3v) is 5.51. The predicted molar refractivity (Wildman–Crippen MR) is 47.8 cm³/mol. The van der Waals surface area contributed by atoms with E-state index in [0.29, 0.717) is 0 Å². The fourth-order valence-corrected chi connectivity index (χ4v) is 4.83. The van der Waals surface area contributed by atoms with Gasteiger partial charge in [0, 0.05) is 0 Å². The predicted octanol–water partition coefficient (Wildman–Crippen LogP) is 3.78. The Morgan fingerprint density at radius 1 is 1.56 bits per heavy atom. The molecule has 0 aromatic carbocycles. The van der Waals surface area contributed by atoms with Crippen molar-refractivity contribution in [1.82, 2.24) is 0 Å². The minimum absolute atomic E-state index is 0.973. The molecule has 0 N–H and O–H groups in total. The summed E-state index contributed by atoms with van der Waals surface area (Å²) in [6.07, 6.45) is 2.06. The van der Waals surface area contributed by atoms with E-state index in [1.807, 2.05) is 6.66 Å². The zero-order valence-corrected chi connectivity index (χ0v) is 8.10. The SMILES string of the molecule is CC1=CP(C)(Cl)(Cl)CC1. The van der Waals surface area contributed by atoms with Crippen LogP contribution in [0.3, 0.4) is 0 Å². The zero-order chi connectivity index (χ0) is 7.15. The van der Waals surface area contributed by atoms with Gasteiger partial charge in [0.1, 0.15) is 0 Å². The fourth-order valence-electron chi connectivity index (χ4n) is 1.11. The van der Waals surface area contributed by atoms with E-state index in [4.69, 9.17) is 22.5 Å². The summed E-state index contributed by atoms with van der Waals surface area (Å²) in [6.45, 7) is 4.06. The van der Waals surface area contributed by atoms with Gasteiger partial charge in [0.25, 0.3) is 0 Å². The summed E-state index contributed by atoms with van der Waals surface area (Å²) in [5.41, 5.74) is 1.35. The second-order valence-electron chi connectivity index (χ2n) is 3.04. The first-order chi connectivity index (χ1) is 3.87. The Bertz CT molecular complexity index is 164. The van der Waals surface area contributed by atoms with Crippen molar-refractivity contribution in [3.63, 3.8) is 0 Å². The molecule has 1 rings (SSSR count). The average molecular weight is 185 g/mol. The standard InChI is InChI=1S/C6H11Cl2P/c1-6-3-4-9(2,7,8)5-6/h5H,3-4H2,1-2H3. The third-order valence-electron chi connectivity index (χ3n) is 1.57. The quantitative estimate of drug-likeness (QED) is 0.503. The van der Waals surface area contributed by atoms with Crippen molar-refractivity contribution in [2.24, 2.45) is 0 Å². The van der Waals surface area contributed by atoms with Gasteiger partial charge in [-0.15, -0.1) is 0 Å². The normalized spacial score (nSPS) is 34.7. The molecule has 0 unspecified atom stereocenters. The van der Waals surface area contributed by atoms with Gasteiger partial charge < -0.3 is 0 Å². The molecule has 0 aromatic rings. The summed E-state index contributed by atoms with van der Waals surface area (Å²) in [5, 5.41) is -2.27. The molecule has 9 heavy (non-hydrogen) atoms. The van der Waals surface area contributed by atoms with Gasteiger partial charge in [0.05, 0.1) is 0 Å². The molecule has 0 spiro atoms. The molecule has 54 valence electrons. The molecule has 0 radical (unpaired) electrons. The maximum absolute atomic E-state index is 6.14. The average Bonchev–Trinajstić information content (AvgIpc) is 1.78. The second kappa shape index (κ2) is 1.87. The maximum atomic E-state index is 6.14. The summed E-state index contributed by atoms with van der Waals surface area (Å²) in [4.78, 5) is 0. The molecule has 1 aliphatic rings. The van der Waals surface area contributed by atoms with Crippen molar-refractivity contribution < 1.29 is 0 Å². The molecule has 0 fully saturated rings. The Kier molecular flexibility index (Phi) is 1.63. The van der Waals surface area contributed by atoms with Crippen molar-refractivity contribution >= 4 is 27.8 Å². The van der Waals surface area contributed by atoms with Gasteiger partial charge >= 0.3 is 65.4 Å². The van der Waals surface area contributed by atoms with Crippen LogP contribution in [0.25, 0.3) is 0 Å². The van der Waals surface area contributed by atoms with E-state index in [0.717, 1.165) is 12.6 Å². The van der Waals surface area contributed by atoms with E-state index in [-0.39, 0.29) is 0 Å². The molecular weight excluding hydrogens is 174 g/mol. The van der Waals surface area contributed by atoms with E-state index < -0.39 is 5.31 Å². The van der Waals surface area contributed by atoms with Crippen LogP contribution >= 0.6 is 27.8 Å². The summed E-state index contributed by atoms with van der Waals surface area (Å²) in [7, 11) is 0. The van der Waals surface area contributed by atoms with E-state index in [9.17, 15) is 0 Å². The molecule has 0 amide bonds. The Hall–Kier alpha value is 0.750. The zero-order valence-electron chi connectivity index (χ0n) is 5.69. The summed E-state index contributed by atoms with van der Waals surface area (Å²) >= 11 is 12.3. The molecule has 0 saturated heterocycles. The third kappa shape index (κ3) is 2.11. The number of hydrogen-bond donors (Lipinski definition) is 0. The van der Waals surface area contributed by atoms with Crippen molar-refractivity contribution in [2.75, 3.05) is 12.8 Å². The Morgan fingerprint density at radius 3 is 2.22 bits per heavy atom. The second-order valence-corrected chi connectivity index (χ2v) is 13.1. The van der Waals surface area contributed by atoms with Crippen LogP contribution in [0.15, 0.2) is 11.4 Å². The first kappa shape index (κ1) is 7.85. The van der Waals surface area contributed by atoms with E-state index in [2.05, 4.69) is 12.7 Å². The summed E-state index contributed by atoms with van der Waals surface area (Å²) < 4.78 is 0. The first-order valence-corrected chi connectivity index (χ1v) is 7.75. The van der Waals surface area contributed by atoms with Gasteiger partial charge in [-0.3, -0.25) is 0 Å². The van der Waals surface area contributed by atoms with Gasteiger partial charge in [-0.25, -0.2) is 0 Å². The molecule has 0 aliphatic carbocycles. The monoisotopic (exact) mass is 184 g/mol. The topological polar surface area (TPSA) is 0 Å². The van der Waals surface area contributed by atoms with Crippen LogP contribution in [0.2, 0.25) is 0 Å². The van der Waals surface area contributed by atoms with Crippen molar-refractivity contribution in [3.05, 3.63) is 11.4 Å². The minimum atomic E-state index is -2.27. The van der Waals surface area contributed by atoms with Crippen LogP contribution in [0.1, 0.15) is 13.3 Å². The number of rotatable bonds is 0. The van der Waals surface area contributed by atoms with Crippen LogP contribution in [-0.2, 0) is 0 Å². The van der Waals surface area contributed by atoms with Gasteiger partial charge in [-0.2, -0.15) is 0 Å². The van der Waals surface area contributed by atoms with Gasteiger partial charge in [-0.05, 0) is 0 Å².